The largest absolute Gasteiger partial charge is 0.338 e. The van der Waals surface area contributed by atoms with Gasteiger partial charge in [-0.1, -0.05) is 12.1 Å². The highest BCUT2D eigenvalue weighted by atomic mass is 16.2. The summed E-state index contributed by atoms with van der Waals surface area (Å²) in [5.74, 6) is 1.51. The first-order valence-corrected chi connectivity index (χ1v) is 8.51. The van der Waals surface area contributed by atoms with Gasteiger partial charge in [0.25, 0.3) is 5.91 Å². The maximum atomic E-state index is 13.0. The highest BCUT2D eigenvalue weighted by Crippen LogP contribution is 2.34. The van der Waals surface area contributed by atoms with Crippen LogP contribution in [0.15, 0.2) is 24.3 Å². The molecule has 4 rings (SSSR count). The molecule has 0 bridgehead atoms. The summed E-state index contributed by atoms with van der Waals surface area (Å²) in [7, 11) is 1.79. The Kier molecular flexibility index (Phi) is 3.60. The molecule has 3 aliphatic rings. The average Bonchev–Trinajstić information content (AvgIpc) is 3.20. The Morgan fingerprint density at radius 2 is 1.78 bits per heavy atom. The Labute approximate surface area is 136 Å². The van der Waals surface area contributed by atoms with Gasteiger partial charge in [0.05, 0.1) is 11.3 Å². The zero-order valence-electron chi connectivity index (χ0n) is 13.5. The van der Waals surface area contributed by atoms with Crippen LogP contribution in [0.4, 0.5) is 5.69 Å². The van der Waals surface area contributed by atoms with E-state index in [0.29, 0.717) is 17.4 Å². The normalized spacial score (nSPS) is 26.2. The molecule has 0 aromatic heterocycles. The van der Waals surface area contributed by atoms with E-state index < -0.39 is 0 Å². The summed E-state index contributed by atoms with van der Waals surface area (Å²) in [4.78, 5) is 29.0. The lowest BCUT2D eigenvalue weighted by Crippen LogP contribution is -2.34. The maximum Gasteiger partial charge on any atom is 0.255 e. The van der Waals surface area contributed by atoms with Gasteiger partial charge in [-0.05, 0) is 36.8 Å². The first-order valence-electron chi connectivity index (χ1n) is 8.51. The second-order valence-corrected chi connectivity index (χ2v) is 7.08. The minimum atomic E-state index is 0.0606. The van der Waals surface area contributed by atoms with Crippen molar-refractivity contribution in [1.82, 2.24) is 10.2 Å². The SMILES string of the molecule is CN(C(=O)C1CC1)c1ccccc1C(=O)N1C[C@H]2CNC[C@H]2C1. The average molecular weight is 313 g/mol. The van der Waals surface area contributed by atoms with Gasteiger partial charge in [-0.2, -0.15) is 0 Å². The summed E-state index contributed by atoms with van der Waals surface area (Å²) in [6, 6.07) is 7.50. The molecule has 5 heteroatoms. The van der Waals surface area contributed by atoms with Crippen molar-refractivity contribution in [2.24, 2.45) is 17.8 Å². The lowest BCUT2D eigenvalue weighted by molar-refractivity contribution is -0.119. The molecule has 0 radical (unpaired) electrons. The molecule has 2 saturated heterocycles. The van der Waals surface area contributed by atoms with E-state index in [1.165, 1.54) is 0 Å². The summed E-state index contributed by atoms with van der Waals surface area (Å²) in [6.45, 7) is 3.67. The Morgan fingerprint density at radius 1 is 1.13 bits per heavy atom. The molecule has 2 aliphatic heterocycles. The number of benzene rings is 1. The smallest absolute Gasteiger partial charge is 0.255 e. The molecule has 23 heavy (non-hydrogen) atoms. The molecule has 1 aliphatic carbocycles. The summed E-state index contributed by atoms with van der Waals surface area (Å²) in [5, 5.41) is 3.40. The van der Waals surface area contributed by atoms with Gasteiger partial charge >= 0.3 is 0 Å². The van der Waals surface area contributed by atoms with Crippen LogP contribution in [0.1, 0.15) is 23.2 Å². The molecular formula is C18H23N3O2. The number of carbonyl (C=O) groups excluding carboxylic acids is 2. The number of anilines is 1. The molecule has 3 fully saturated rings. The van der Waals surface area contributed by atoms with Gasteiger partial charge in [0, 0.05) is 39.1 Å². The monoisotopic (exact) mass is 313 g/mol. The topological polar surface area (TPSA) is 52.7 Å². The van der Waals surface area contributed by atoms with E-state index in [2.05, 4.69) is 5.32 Å². The Bertz CT molecular complexity index is 629. The van der Waals surface area contributed by atoms with E-state index in [1.807, 2.05) is 29.2 Å². The second-order valence-electron chi connectivity index (χ2n) is 7.08. The lowest BCUT2D eigenvalue weighted by atomic mass is 10.0. The zero-order valence-corrected chi connectivity index (χ0v) is 13.5. The molecule has 2 amide bonds. The van der Waals surface area contributed by atoms with E-state index in [-0.39, 0.29) is 17.7 Å². The summed E-state index contributed by atoms with van der Waals surface area (Å²) >= 11 is 0. The second kappa shape index (κ2) is 5.64. The molecule has 122 valence electrons. The van der Waals surface area contributed by atoms with Crippen molar-refractivity contribution in [3.05, 3.63) is 29.8 Å². The minimum absolute atomic E-state index is 0.0606. The van der Waals surface area contributed by atoms with Gasteiger partial charge in [-0.25, -0.2) is 0 Å². The van der Waals surface area contributed by atoms with Crippen LogP contribution in [0.5, 0.6) is 0 Å². The number of likely N-dealkylation sites (tertiary alicyclic amines) is 1. The molecule has 1 saturated carbocycles. The van der Waals surface area contributed by atoms with Crippen molar-refractivity contribution in [3.8, 4) is 0 Å². The predicted octanol–water partition coefficient (Wildman–Crippen LogP) is 1.35. The number of rotatable bonds is 3. The van der Waals surface area contributed by atoms with Crippen molar-refractivity contribution in [2.75, 3.05) is 38.1 Å². The van der Waals surface area contributed by atoms with Gasteiger partial charge in [-0.3, -0.25) is 9.59 Å². The lowest BCUT2D eigenvalue weighted by Gasteiger charge is -2.23. The fourth-order valence-electron chi connectivity index (χ4n) is 3.86. The van der Waals surface area contributed by atoms with Crippen LogP contribution < -0.4 is 10.2 Å². The minimum Gasteiger partial charge on any atom is -0.338 e. The number of para-hydroxylation sites is 1. The van der Waals surface area contributed by atoms with Crippen molar-refractivity contribution < 1.29 is 9.59 Å². The summed E-state index contributed by atoms with van der Waals surface area (Å²) < 4.78 is 0. The van der Waals surface area contributed by atoms with Crippen LogP contribution in [-0.2, 0) is 4.79 Å². The van der Waals surface area contributed by atoms with Crippen molar-refractivity contribution in [2.45, 2.75) is 12.8 Å². The molecule has 5 nitrogen and oxygen atoms in total. The quantitative estimate of drug-likeness (QED) is 0.916. The fourth-order valence-corrected chi connectivity index (χ4v) is 3.86. The van der Waals surface area contributed by atoms with Gasteiger partial charge < -0.3 is 15.1 Å². The fraction of sp³-hybridized carbons (Fsp3) is 0.556. The van der Waals surface area contributed by atoms with E-state index in [9.17, 15) is 9.59 Å². The van der Waals surface area contributed by atoms with E-state index in [4.69, 9.17) is 0 Å². The van der Waals surface area contributed by atoms with Gasteiger partial charge in [0.2, 0.25) is 5.91 Å². The molecule has 1 aromatic carbocycles. The zero-order chi connectivity index (χ0) is 16.0. The predicted molar refractivity (Wildman–Crippen MR) is 88.3 cm³/mol. The van der Waals surface area contributed by atoms with Crippen LogP contribution in [-0.4, -0.2) is 49.9 Å². The highest BCUT2D eigenvalue weighted by molar-refractivity contribution is 6.05. The number of fused-ring (bicyclic) bond motifs is 1. The van der Waals surface area contributed by atoms with E-state index in [1.54, 1.807) is 11.9 Å². The van der Waals surface area contributed by atoms with Crippen LogP contribution >= 0.6 is 0 Å². The Hall–Kier alpha value is -1.88. The van der Waals surface area contributed by atoms with Gasteiger partial charge in [0.1, 0.15) is 0 Å². The third kappa shape index (κ3) is 2.63. The maximum absolute atomic E-state index is 13.0. The summed E-state index contributed by atoms with van der Waals surface area (Å²) in [5.41, 5.74) is 1.39. The van der Waals surface area contributed by atoms with Crippen LogP contribution in [0.3, 0.4) is 0 Å². The van der Waals surface area contributed by atoms with Gasteiger partial charge in [-0.15, -0.1) is 0 Å². The number of carbonyl (C=O) groups is 2. The van der Waals surface area contributed by atoms with Crippen molar-refractivity contribution in [1.29, 1.82) is 0 Å². The molecule has 2 heterocycles. The third-order valence-corrected chi connectivity index (χ3v) is 5.43. The van der Waals surface area contributed by atoms with E-state index >= 15 is 0 Å². The number of nitrogens with one attached hydrogen (secondary N) is 1. The number of nitrogens with zero attached hydrogens (tertiary/aromatic N) is 2. The Morgan fingerprint density at radius 3 is 2.43 bits per heavy atom. The van der Waals surface area contributed by atoms with Crippen molar-refractivity contribution in [3.63, 3.8) is 0 Å². The van der Waals surface area contributed by atoms with Crippen LogP contribution in [0.25, 0.3) is 0 Å². The number of amides is 2. The third-order valence-electron chi connectivity index (χ3n) is 5.43. The molecule has 0 spiro atoms. The van der Waals surface area contributed by atoms with Crippen LogP contribution in [0, 0.1) is 17.8 Å². The molecule has 1 aromatic rings. The first-order chi connectivity index (χ1) is 11.1. The standard InChI is InChI=1S/C18H23N3O2/c1-20(17(22)12-6-7-12)16-5-3-2-4-15(16)18(23)21-10-13-8-19-9-14(13)11-21/h2-5,12-14,19H,6-11H2,1H3/t13-,14+. The first kappa shape index (κ1) is 14.7. The van der Waals surface area contributed by atoms with Gasteiger partial charge in [0.15, 0.2) is 0 Å². The molecule has 2 atom stereocenters. The molecule has 1 N–H and O–H groups in total. The van der Waals surface area contributed by atoms with Crippen LogP contribution in [0.2, 0.25) is 0 Å². The molecular weight excluding hydrogens is 290 g/mol. The number of hydrogen-bond donors (Lipinski definition) is 1. The van der Waals surface area contributed by atoms with Crippen molar-refractivity contribution >= 4 is 17.5 Å². The number of hydrogen-bond acceptors (Lipinski definition) is 3. The molecule has 0 unspecified atom stereocenters. The van der Waals surface area contributed by atoms with E-state index in [0.717, 1.165) is 44.7 Å². The Balaban J connectivity index is 1.56. The summed E-state index contributed by atoms with van der Waals surface area (Å²) in [6.07, 6.45) is 1.95. The highest BCUT2D eigenvalue weighted by Gasteiger charge is 2.39.